The van der Waals surface area contributed by atoms with Gasteiger partial charge < -0.3 is 14.9 Å². The fourth-order valence-corrected chi connectivity index (χ4v) is 2.74. The summed E-state index contributed by atoms with van der Waals surface area (Å²) in [4.78, 5) is 8.15. The van der Waals surface area contributed by atoms with Crippen molar-refractivity contribution in [1.82, 2.24) is 19.9 Å². The largest absolute Gasteiger partial charge is 0.360 e. The van der Waals surface area contributed by atoms with Crippen molar-refractivity contribution in [3.8, 4) is 11.4 Å². The van der Waals surface area contributed by atoms with Crippen LogP contribution in [0.5, 0.6) is 0 Å². The number of nitrogens with one attached hydrogen (secondary N) is 2. The summed E-state index contributed by atoms with van der Waals surface area (Å²) in [7, 11) is 1.99. The Morgan fingerprint density at radius 3 is 3.17 bits per heavy atom. The van der Waals surface area contributed by atoms with Gasteiger partial charge in [0.1, 0.15) is 11.5 Å². The first kappa shape index (κ1) is 11.5. The fourth-order valence-electron chi connectivity index (χ4n) is 2.74. The highest BCUT2D eigenvalue weighted by Crippen LogP contribution is 2.27. The van der Waals surface area contributed by atoms with Crippen LogP contribution in [0.3, 0.4) is 0 Å². The van der Waals surface area contributed by atoms with Crippen LogP contribution in [0.25, 0.3) is 11.4 Å². The van der Waals surface area contributed by atoms with Gasteiger partial charge in [0.25, 0.3) is 0 Å². The van der Waals surface area contributed by atoms with Crippen LogP contribution in [0, 0.1) is 0 Å². The van der Waals surface area contributed by atoms with Crippen molar-refractivity contribution in [3.63, 3.8) is 0 Å². The highest BCUT2D eigenvalue weighted by Gasteiger charge is 2.20. The number of aromatic nitrogens is 3. The molecule has 96 valence electrons. The molecule has 0 fully saturated rings. The van der Waals surface area contributed by atoms with E-state index in [1.54, 1.807) is 0 Å². The molecule has 18 heavy (non-hydrogen) atoms. The third-order valence-electron chi connectivity index (χ3n) is 3.65. The normalized spacial score (nSPS) is 14.7. The summed E-state index contributed by atoms with van der Waals surface area (Å²) in [6.07, 6.45) is 6.69. The lowest BCUT2D eigenvalue weighted by atomic mass is 10.1. The molecule has 0 radical (unpaired) electrons. The van der Waals surface area contributed by atoms with Crippen molar-refractivity contribution in [3.05, 3.63) is 29.8 Å². The molecule has 3 rings (SSSR count). The molecule has 4 nitrogen and oxygen atoms in total. The predicted octanol–water partition coefficient (Wildman–Crippen LogP) is 1.98. The van der Waals surface area contributed by atoms with E-state index in [1.807, 2.05) is 19.3 Å². The van der Waals surface area contributed by atoms with Crippen LogP contribution in [-0.4, -0.2) is 28.1 Å². The minimum Gasteiger partial charge on any atom is -0.360 e. The maximum absolute atomic E-state index is 4.86. The first-order chi connectivity index (χ1) is 8.90. The van der Waals surface area contributed by atoms with E-state index in [0.29, 0.717) is 0 Å². The van der Waals surface area contributed by atoms with Crippen molar-refractivity contribution < 1.29 is 0 Å². The number of hydrogen-bond donors (Lipinski definition) is 2. The Bertz CT molecular complexity index is 510. The summed E-state index contributed by atoms with van der Waals surface area (Å²) in [5, 5.41) is 3.21. The van der Waals surface area contributed by atoms with Crippen LogP contribution in [0.4, 0.5) is 0 Å². The second-order valence-corrected chi connectivity index (χ2v) is 4.87. The number of imidazole rings is 1. The lowest BCUT2D eigenvalue weighted by Crippen LogP contribution is -2.17. The molecule has 0 aliphatic carbocycles. The van der Waals surface area contributed by atoms with Crippen molar-refractivity contribution in [2.75, 3.05) is 13.6 Å². The van der Waals surface area contributed by atoms with Gasteiger partial charge >= 0.3 is 0 Å². The molecule has 2 N–H and O–H groups in total. The molecule has 1 aliphatic heterocycles. The summed E-state index contributed by atoms with van der Waals surface area (Å²) in [6, 6.07) is 4.15. The van der Waals surface area contributed by atoms with E-state index in [-0.39, 0.29) is 0 Å². The van der Waals surface area contributed by atoms with Gasteiger partial charge in [-0.25, -0.2) is 4.98 Å². The second kappa shape index (κ2) is 4.98. The molecule has 0 atom stereocenters. The van der Waals surface area contributed by atoms with Gasteiger partial charge in [0, 0.05) is 31.4 Å². The standard InChI is InChI=1S/C14H20N4/c1-15-9-7-13-17-14(11-5-4-8-16-11)12-6-2-3-10-18(12)13/h4-5,8,15-16H,2-3,6-7,9-10H2,1H3. The lowest BCUT2D eigenvalue weighted by molar-refractivity contribution is 0.512. The van der Waals surface area contributed by atoms with Crippen molar-refractivity contribution in [2.24, 2.45) is 0 Å². The van der Waals surface area contributed by atoms with Gasteiger partial charge in [0.05, 0.1) is 5.69 Å². The number of nitrogens with zero attached hydrogens (tertiary/aromatic N) is 2. The Labute approximate surface area is 107 Å². The Morgan fingerprint density at radius 2 is 2.39 bits per heavy atom. The van der Waals surface area contributed by atoms with Crippen LogP contribution >= 0.6 is 0 Å². The zero-order valence-electron chi connectivity index (χ0n) is 10.9. The molecule has 1 aliphatic rings. The Balaban J connectivity index is 2.01. The van der Waals surface area contributed by atoms with E-state index in [9.17, 15) is 0 Å². The Kier molecular flexibility index (Phi) is 3.19. The fraction of sp³-hybridized carbons (Fsp3) is 0.500. The zero-order valence-corrected chi connectivity index (χ0v) is 10.9. The maximum Gasteiger partial charge on any atom is 0.110 e. The van der Waals surface area contributed by atoms with Gasteiger partial charge in [-0.15, -0.1) is 0 Å². The van der Waals surface area contributed by atoms with Crippen molar-refractivity contribution in [1.29, 1.82) is 0 Å². The van der Waals surface area contributed by atoms with E-state index in [0.717, 1.165) is 37.3 Å². The van der Waals surface area contributed by atoms with Gasteiger partial charge in [-0.05, 0) is 38.4 Å². The number of H-pyrrole nitrogens is 1. The number of fused-ring (bicyclic) bond motifs is 1. The van der Waals surface area contributed by atoms with E-state index < -0.39 is 0 Å². The minimum absolute atomic E-state index is 0.987. The average molecular weight is 244 g/mol. The van der Waals surface area contributed by atoms with E-state index in [1.165, 1.54) is 24.4 Å². The van der Waals surface area contributed by atoms with Crippen LogP contribution in [0.15, 0.2) is 18.3 Å². The average Bonchev–Trinajstić information content (AvgIpc) is 3.04. The van der Waals surface area contributed by atoms with Crippen LogP contribution < -0.4 is 5.32 Å². The smallest absolute Gasteiger partial charge is 0.110 e. The summed E-state index contributed by atoms with van der Waals surface area (Å²) >= 11 is 0. The topological polar surface area (TPSA) is 45.6 Å². The van der Waals surface area contributed by atoms with Gasteiger partial charge in [0.15, 0.2) is 0 Å². The molecule has 0 saturated carbocycles. The minimum atomic E-state index is 0.987. The predicted molar refractivity (Wildman–Crippen MR) is 72.6 cm³/mol. The van der Waals surface area contributed by atoms with Gasteiger partial charge in [-0.1, -0.05) is 0 Å². The molecular formula is C14H20N4. The Hall–Kier alpha value is -1.55. The maximum atomic E-state index is 4.86. The van der Waals surface area contributed by atoms with Crippen LogP contribution in [0.1, 0.15) is 24.4 Å². The van der Waals surface area contributed by atoms with Crippen molar-refractivity contribution >= 4 is 0 Å². The lowest BCUT2D eigenvalue weighted by Gasteiger charge is -2.17. The first-order valence-electron chi connectivity index (χ1n) is 6.77. The zero-order chi connectivity index (χ0) is 12.4. The van der Waals surface area contributed by atoms with E-state index in [4.69, 9.17) is 4.98 Å². The molecule has 2 aromatic rings. The van der Waals surface area contributed by atoms with Crippen LogP contribution in [0.2, 0.25) is 0 Å². The third-order valence-corrected chi connectivity index (χ3v) is 3.65. The number of rotatable bonds is 4. The molecule has 4 heteroatoms. The summed E-state index contributed by atoms with van der Waals surface area (Å²) in [5.74, 6) is 1.23. The second-order valence-electron chi connectivity index (χ2n) is 4.87. The number of likely N-dealkylation sites (N-methyl/N-ethyl adjacent to an activating group) is 1. The number of hydrogen-bond acceptors (Lipinski definition) is 2. The highest BCUT2D eigenvalue weighted by molar-refractivity contribution is 5.58. The molecular weight excluding hydrogens is 224 g/mol. The summed E-state index contributed by atoms with van der Waals surface area (Å²) < 4.78 is 2.43. The van der Waals surface area contributed by atoms with Crippen molar-refractivity contribution in [2.45, 2.75) is 32.2 Å². The highest BCUT2D eigenvalue weighted by atomic mass is 15.1. The molecule has 0 amide bonds. The SMILES string of the molecule is CNCCc1nc(-c2ccc[nH]2)c2n1CCCC2. The summed E-state index contributed by atoms with van der Waals surface area (Å²) in [5.41, 5.74) is 3.72. The first-order valence-corrected chi connectivity index (χ1v) is 6.77. The van der Waals surface area contributed by atoms with Gasteiger partial charge in [-0.2, -0.15) is 0 Å². The molecule has 0 saturated heterocycles. The van der Waals surface area contributed by atoms with E-state index in [2.05, 4.69) is 20.9 Å². The molecule has 0 spiro atoms. The quantitative estimate of drug-likeness (QED) is 0.864. The third kappa shape index (κ3) is 1.97. The monoisotopic (exact) mass is 244 g/mol. The van der Waals surface area contributed by atoms with Gasteiger partial charge in [0.2, 0.25) is 0 Å². The van der Waals surface area contributed by atoms with Crippen LogP contribution in [-0.2, 0) is 19.4 Å². The Morgan fingerprint density at radius 1 is 1.44 bits per heavy atom. The molecule has 3 heterocycles. The van der Waals surface area contributed by atoms with Gasteiger partial charge in [-0.3, -0.25) is 0 Å². The molecule has 2 aromatic heterocycles. The summed E-state index contributed by atoms with van der Waals surface area (Å²) in [6.45, 7) is 2.11. The number of aromatic amines is 1. The molecule has 0 unspecified atom stereocenters. The van der Waals surface area contributed by atoms with E-state index >= 15 is 0 Å². The molecule has 0 bridgehead atoms. The molecule has 0 aromatic carbocycles.